The lowest BCUT2D eigenvalue weighted by atomic mass is 9.91. The third-order valence-electron chi connectivity index (χ3n) is 4.23. The highest BCUT2D eigenvalue weighted by Gasteiger charge is 2.28. The molecule has 3 rings (SSSR count). The molecule has 0 aliphatic heterocycles. The summed E-state index contributed by atoms with van der Waals surface area (Å²) in [7, 11) is 0. The molecule has 1 aromatic heterocycles. The maximum absolute atomic E-state index is 12.5. The molecule has 1 aliphatic carbocycles. The number of fused-ring (bicyclic) bond motifs is 1. The average Bonchev–Trinajstić information content (AvgIpc) is 2.74. The van der Waals surface area contributed by atoms with Crippen molar-refractivity contribution in [1.29, 1.82) is 0 Å². The van der Waals surface area contributed by atoms with E-state index in [1.807, 2.05) is 31.2 Å². The van der Waals surface area contributed by atoms with Crippen molar-refractivity contribution in [2.45, 2.75) is 38.8 Å². The third kappa shape index (κ3) is 2.55. The topological polar surface area (TPSA) is 55.2 Å². The standard InChI is InChI=1S/C16H19N3O2/c1-12-14-7-2-3-8-15(14)19(17-12)11-16(21)18(9-10-20)13-5-4-6-13/h2-3,7-8,10,13H,4-6,9,11H2,1H3. The number of hydrogen-bond donors (Lipinski definition) is 0. The lowest BCUT2D eigenvalue weighted by Gasteiger charge is -2.36. The second kappa shape index (κ2) is 5.68. The molecular weight excluding hydrogens is 266 g/mol. The second-order valence-electron chi connectivity index (χ2n) is 5.56. The van der Waals surface area contributed by atoms with Crippen LogP contribution in [-0.2, 0) is 16.1 Å². The number of carbonyl (C=O) groups excluding carboxylic acids is 2. The molecule has 1 heterocycles. The maximum atomic E-state index is 12.5. The van der Waals surface area contributed by atoms with E-state index in [0.717, 1.165) is 42.1 Å². The van der Waals surface area contributed by atoms with Gasteiger partial charge in [-0.1, -0.05) is 18.2 Å². The Morgan fingerprint density at radius 3 is 2.86 bits per heavy atom. The Bertz CT molecular complexity index is 673. The molecule has 2 aromatic rings. The highest BCUT2D eigenvalue weighted by atomic mass is 16.2. The van der Waals surface area contributed by atoms with Crippen molar-refractivity contribution in [2.75, 3.05) is 6.54 Å². The van der Waals surface area contributed by atoms with Crippen LogP contribution in [0.4, 0.5) is 0 Å². The molecule has 5 nitrogen and oxygen atoms in total. The molecule has 1 fully saturated rings. The summed E-state index contributed by atoms with van der Waals surface area (Å²) in [5.41, 5.74) is 1.88. The quantitative estimate of drug-likeness (QED) is 0.789. The molecule has 0 unspecified atom stereocenters. The molecule has 110 valence electrons. The monoisotopic (exact) mass is 285 g/mol. The number of amides is 1. The molecule has 0 spiro atoms. The first-order valence-corrected chi connectivity index (χ1v) is 7.36. The summed E-state index contributed by atoms with van der Waals surface area (Å²) in [6, 6.07) is 8.12. The summed E-state index contributed by atoms with van der Waals surface area (Å²) in [5, 5.41) is 5.52. The lowest BCUT2D eigenvalue weighted by molar-refractivity contribution is -0.137. The lowest BCUT2D eigenvalue weighted by Crippen LogP contribution is -2.46. The SMILES string of the molecule is Cc1nn(CC(=O)N(CC=O)C2CCC2)c2ccccc12. The first kappa shape index (κ1) is 13.8. The summed E-state index contributed by atoms with van der Waals surface area (Å²) in [6.07, 6.45) is 3.94. The van der Waals surface area contributed by atoms with E-state index in [2.05, 4.69) is 5.10 Å². The molecule has 1 saturated carbocycles. The molecule has 1 aliphatic rings. The fraction of sp³-hybridized carbons (Fsp3) is 0.438. The van der Waals surface area contributed by atoms with Gasteiger partial charge in [0.1, 0.15) is 12.8 Å². The van der Waals surface area contributed by atoms with E-state index in [4.69, 9.17) is 0 Å². The molecule has 0 N–H and O–H groups in total. The van der Waals surface area contributed by atoms with Crippen LogP contribution < -0.4 is 0 Å². The number of aldehydes is 1. The van der Waals surface area contributed by atoms with Crippen LogP contribution in [0.25, 0.3) is 10.9 Å². The average molecular weight is 285 g/mol. The Kier molecular flexibility index (Phi) is 3.73. The van der Waals surface area contributed by atoms with Crippen molar-refractivity contribution in [3.63, 3.8) is 0 Å². The van der Waals surface area contributed by atoms with Gasteiger partial charge >= 0.3 is 0 Å². The Morgan fingerprint density at radius 2 is 2.19 bits per heavy atom. The fourth-order valence-electron chi connectivity index (χ4n) is 2.87. The molecule has 0 saturated heterocycles. The number of hydrogen-bond acceptors (Lipinski definition) is 3. The molecule has 21 heavy (non-hydrogen) atoms. The van der Waals surface area contributed by atoms with Crippen molar-refractivity contribution in [3.8, 4) is 0 Å². The Balaban J connectivity index is 1.83. The van der Waals surface area contributed by atoms with E-state index in [9.17, 15) is 9.59 Å². The van der Waals surface area contributed by atoms with Crippen LogP contribution >= 0.6 is 0 Å². The summed E-state index contributed by atoms with van der Waals surface area (Å²) in [6.45, 7) is 2.32. The summed E-state index contributed by atoms with van der Waals surface area (Å²) in [5.74, 6) is -0.0277. The van der Waals surface area contributed by atoms with Crippen molar-refractivity contribution in [3.05, 3.63) is 30.0 Å². The molecule has 5 heteroatoms. The van der Waals surface area contributed by atoms with Gasteiger partial charge in [0.15, 0.2) is 0 Å². The van der Waals surface area contributed by atoms with E-state index in [1.165, 1.54) is 0 Å². The highest BCUT2D eigenvalue weighted by molar-refractivity contribution is 5.84. The number of nitrogens with zero attached hydrogens (tertiary/aromatic N) is 3. The minimum Gasteiger partial charge on any atom is -0.331 e. The Morgan fingerprint density at radius 1 is 1.43 bits per heavy atom. The number of benzene rings is 1. The van der Waals surface area contributed by atoms with Gasteiger partial charge in [0.05, 0.1) is 17.8 Å². The van der Waals surface area contributed by atoms with Crippen molar-refractivity contribution in [1.82, 2.24) is 14.7 Å². The van der Waals surface area contributed by atoms with Crippen LogP contribution in [0.1, 0.15) is 25.0 Å². The van der Waals surface area contributed by atoms with Gasteiger partial charge in [-0.2, -0.15) is 5.10 Å². The van der Waals surface area contributed by atoms with Crippen LogP contribution in [0.3, 0.4) is 0 Å². The van der Waals surface area contributed by atoms with E-state index in [0.29, 0.717) is 0 Å². The fourth-order valence-corrected chi connectivity index (χ4v) is 2.87. The van der Waals surface area contributed by atoms with Crippen molar-refractivity contribution >= 4 is 23.1 Å². The van der Waals surface area contributed by atoms with Gasteiger partial charge in [-0.05, 0) is 32.3 Å². The molecule has 0 atom stereocenters. The predicted molar refractivity (Wildman–Crippen MR) is 79.9 cm³/mol. The van der Waals surface area contributed by atoms with Gasteiger partial charge in [-0.3, -0.25) is 9.48 Å². The molecule has 0 bridgehead atoms. The summed E-state index contributed by atoms with van der Waals surface area (Å²) >= 11 is 0. The summed E-state index contributed by atoms with van der Waals surface area (Å²) < 4.78 is 1.74. The minimum atomic E-state index is -0.0277. The number of rotatable bonds is 5. The van der Waals surface area contributed by atoms with Crippen LogP contribution in [0.2, 0.25) is 0 Å². The van der Waals surface area contributed by atoms with E-state index >= 15 is 0 Å². The zero-order chi connectivity index (χ0) is 14.8. The predicted octanol–water partition coefficient (Wildman–Crippen LogP) is 1.92. The van der Waals surface area contributed by atoms with E-state index in [1.54, 1.807) is 9.58 Å². The minimum absolute atomic E-state index is 0.0277. The van der Waals surface area contributed by atoms with Crippen LogP contribution in [-0.4, -0.2) is 39.5 Å². The van der Waals surface area contributed by atoms with E-state index in [-0.39, 0.29) is 25.0 Å². The Labute approximate surface area is 123 Å². The van der Waals surface area contributed by atoms with Gasteiger partial charge in [0.2, 0.25) is 5.91 Å². The Hall–Kier alpha value is -2.17. The smallest absolute Gasteiger partial charge is 0.244 e. The first-order valence-electron chi connectivity index (χ1n) is 7.36. The molecule has 0 radical (unpaired) electrons. The van der Waals surface area contributed by atoms with Gasteiger partial charge in [-0.25, -0.2) is 0 Å². The van der Waals surface area contributed by atoms with Crippen molar-refractivity contribution < 1.29 is 9.59 Å². The van der Waals surface area contributed by atoms with Gasteiger partial charge in [0.25, 0.3) is 0 Å². The molecule has 1 amide bonds. The second-order valence-corrected chi connectivity index (χ2v) is 5.56. The van der Waals surface area contributed by atoms with E-state index < -0.39 is 0 Å². The van der Waals surface area contributed by atoms with Crippen LogP contribution in [0.5, 0.6) is 0 Å². The zero-order valence-corrected chi connectivity index (χ0v) is 12.2. The van der Waals surface area contributed by atoms with Gasteiger partial charge in [-0.15, -0.1) is 0 Å². The van der Waals surface area contributed by atoms with Crippen LogP contribution in [0.15, 0.2) is 24.3 Å². The van der Waals surface area contributed by atoms with Crippen LogP contribution in [0, 0.1) is 6.92 Å². The normalized spacial score (nSPS) is 14.9. The largest absolute Gasteiger partial charge is 0.331 e. The third-order valence-corrected chi connectivity index (χ3v) is 4.23. The number of para-hydroxylation sites is 1. The first-order chi connectivity index (χ1) is 10.2. The van der Waals surface area contributed by atoms with Gasteiger partial charge < -0.3 is 9.69 Å². The van der Waals surface area contributed by atoms with Gasteiger partial charge in [0, 0.05) is 11.4 Å². The number of aromatic nitrogens is 2. The van der Waals surface area contributed by atoms with Crippen molar-refractivity contribution in [2.24, 2.45) is 0 Å². The zero-order valence-electron chi connectivity index (χ0n) is 12.2. The summed E-state index contributed by atoms with van der Waals surface area (Å²) in [4.78, 5) is 25.0. The molecular formula is C16H19N3O2. The number of aryl methyl sites for hydroxylation is 1. The highest BCUT2D eigenvalue weighted by Crippen LogP contribution is 2.25. The molecule has 1 aromatic carbocycles. The maximum Gasteiger partial charge on any atom is 0.244 e. The number of carbonyl (C=O) groups is 2.